The molecule has 19 heavy (non-hydrogen) atoms. The minimum Gasteiger partial charge on any atom is -0.370 e. The summed E-state index contributed by atoms with van der Waals surface area (Å²) < 4.78 is 0. The van der Waals surface area contributed by atoms with Gasteiger partial charge in [0.25, 0.3) is 0 Å². The summed E-state index contributed by atoms with van der Waals surface area (Å²) in [5.41, 5.74) is 1.62. The van der Waals surface area contributed by atoms with Gasteiger partial charge in [0.2, 0.25) is 0 Å². The zero-order chi connectivity index (χ0) is 13.7. The molecule has 1 saturated heterocycles. The van der Waals surface area contributed by atoms with Crippen LogP contribution in [0.2, 0.25) is 0 Å². The van der Waals surface area contributed by atoms with Gasteiger partial charge in [-0.1, -0.05) is 13.8 Å². The van der Waals surface area contributed by atoms with Gasteiger partial charge in [0, 0.05) is 19.1 Å². The molecule has 0 aliphatic carbocycles. The fourth-order valence-electron chi connectivity index (χ4n) is 2.51. The minimum atomic E-state index is 0.485. The van der Waals surface area contributed by atoms with Crippen molar-refractivity contribution in [2.45, 2.75) is 32.7 Å². The number of nitriles is 1. The molecule has 1 unspecified atom stereocenters. The number of rotatable bonds is 4. The molecular formula is C15H22N4. The third-order valence-corrected chi connectivity index (χ3v) is 3.56. The van der Waals surface area contributed by atoms with Gasteiger partial charge < -0.3 is 10.2 Å². The first-order chi connectivity index (χ1) is 9.19. The van der Waals surface area contributed by atoms with Gasteiger partial charge in [0.05, 0.1) is 11.9 Å². The lowest BCUT2D eigenvalue weighted by molar-refractivity contribution is 0.379. The van der Waals surface area contributed by atoms with Crippen LogP contribution >= 0.6 is 0 Å². The summed E-state index contributed by atoms with van der Waals surface area (Å²) in [6.45, 7) is 7.62. The van der Waals surface area contributed by atoms with Gasteiger partial charge in [0.15, 0.2) is 0 Å². The Labute approximate surface area is 115 Å². The Kier molecular flexibility index (Phi) is 4.75. The number of nitrogens with zero attached hydrogens (tertiary/aromatic N) is 3. The highest BCUT2D eigenvalue weighted by atomic mass is 15.1. The molecule has 102 valence electrons. The van der Waals surface area contributed by atoms with Gasteiger partial charge in [-0.05, 0) is 37.4 Å². The van der Waals surface area contributed by atoms with Crippen LogP contribution in [-0.4, -0.2) is 30.7 Å². The Balaban J connectivity index is 1.94. The van der Waals surface area contributed by atoms with E-state index in [-0.39, 0.29) is 0 Å². The van der Waals surface area contributed by atoms with Crippen molar-refractivity contribution in [3.05, 3.63) is 24.0 Å². The van der Waals surface area contributed by atoms with Crippen molar-refractivity contribution in [2.24, 2.45) is 5.92 Å². The lowest BCUT2D eigenvalue weighted by Gasteiger charge is -2.34. The predicted octanol–water partition coefficient (Wildman–Crippen LogP) is 2.17. The van der Waals surface area contributed by atoms with E-state index in [0.29, 0.717) is 17.7 Å². The van der Waals surface area contributed by atoms with Crippen molar-refractivity contribution in [3.8, 4) is 6.07 Å². The second kappa shape index (κ2) is 6.53. The number of aromatic nitrogens is 1. The Hall–Kier alpha value is -1.60. The highest BCUT2D eigenvalue weighted by Gasteiger charge is 2.20. The largest absolute Gasteiger partial charge is 0.370 e. The molecule has 0 saturated carbocycles. The molecule has 4 heteroatoms. The van der Waals surface area contributed by atoms with Crippen molar-refractivity contribution in [3.63, 3.8) is 0 Å². The lowest BCUT2D eigenvalue weighted by Crippen LogP contribution is -2.41. The van der Waals surface area contributed by atoms with Crippen LogP contribution in [0.15, 0.2) is 18.3 Å². The average Bonchev–Trinajstić information content (AvgIpc) is 2.45. The van der Waals surface area contributed by atoms with E-state index in [2.05, 4.69) is 35.1 Å². The number of hydrogen-bond acceptors (Lipinski definition) is 4. The standard InChI is InChI=1S/C15H22N4/c1-12(2)17-9-13-4-3-7-19(11-13)15-6-5-14(8-16)18-10-15/h5-6,10,12-13,17H,3-4,7,9,11H2,1-2H3. The molecule has 1 N–H and O–H groups in total. The molecule has 2 heterocycles. The maximum absolute atomic E-state index is 8.77. The van der Waals surface area contributed by atoms with Crippen LogP contribution < -0.4 is 10.2 Å². The molecular weight excluding hydrogens is 236 g/mol. The molecule has 2 rings (SSSR count). The van der Waals surface area contributed by atoms with E-state index >= 15 is 0 Å². The summed E-state index contributed by atoms with van der Waals surface area (Å²) >= 11 is 0. The second-order valence-corrected chi connectivity index (χ2v) is 5.53. The molecule has 4 nitrogen and oxygen atoms in total. The van der Waals surface area contributed by atoms with E-state index < -0.39 is 0 Å². The summed E-state index contributed by atoms with van der Waals surface area (Å²) in [4.78, 5) is 6.53. The van der Waals surface area contributed by atoms with Crippen molar-refractivity contribution in [1.29, 1.82) is 5.26 Å². The lowest BCUT2D eigenvalue weighted by atomic mass is 9.97. The fraction of sp³-hybridized carbons (Fsp3) is 0.600. The SMILES string of the molecule is CC(C)NCC1CCCN(c2ccc(C#N)nc2)C1. The summed E-state index contributed by atoms with van der Waals surface area (Å²) in [5, 5.41) is 12.3. The Morgan fingerprint density at radius 3 is 3.00 bits per heavy atom. The van der Waals surface area contributed by atoms with Crippen LogP contribution in [0.4, 0.5) is 5.69 Å². The molecule has 1 aliphatic heterocycles. The quantitative estimate of drug-likeness (QED) is 0.899. The molecule has 1 aliphatic rings. The van der Waals surface area contributed by atoms with Crippen LogP contribution in [0.3, 0.4) is 0 Å². The van der Waals surface area contributed by atoms with Crippen LogP contribution in [0, 0.1) is 17.2 Å². The highest BCUT2D eigenvalue weighted by molar-refractivity contribution is 5.46. The number of hydrogen-bond donors (Lipinski definition) is 1. The Bertz CT molecular complexity index is 432. The molecule has 1 aromatic heterocycles. The highest BCUT2D eigenvalue weighted by Crippen LogP contribution is 2.22. The summed E-state index contributed by atoms with van der Waals surface area (Å²) in [5.74, 6) is 0.701. The molecule has 0 radical (unpaired) electrons. The van der Waals surface area contributed by atoms with Crippen molar-refractivity contribution >= 4 is 5.69 Å². The number of nitrogens with one attached hydrogen (secondary N) is 1. The van der Waals surface area contributed by atoms with E-state index in [1.165, 1.54) is 12.8 Å². The first-order valence-corrected chi connectivity index (χ1v) is 7.03. The summed E-state index contributed by atoms with van der Waals surface area (Å²) in [7, 11) is 0. The van der Waals surface area contributed by atoms with Crippen molar-refractivity contribution < 1.29 is 0 Å². The molecule has 0 bridgehead atoms. The predicted molar refractivity (Wildman–Crippen MR) is 77.0 cm³/mol. The molecule has 1 aromatic rings. The molecule has 0 amide bonds. The van der Waals surface area contributed by atoms with Crippen LogP contribution in [0.5, 0.6) is 0 Å². The Morgan fingerprint density at radius 1 is 1.53 bits per heavy atom. The smallest absolute Gasteiger partial charge is 0.140 e. The normalized spacial score (nSPS) is 19.5. The molecule has 0 spiro atoms. The van der Waals surface area contributed by atoms with Crippen LogP contribution in [0.25, 0.3) is 0 Å². The summed E-state index contributed by atoms with van der Waals surface area (Å²) in [6.07, 6.45) is 4.33. The van der Waals surface area contributed by atoms with Gasteiger partial charge in [-0.3, -0.25) is 0 Å². The first-order valence-electron chi connectivity index (χ1n) is 7.03. The maximum atomic E-state index is 8.77. The number of anilines is 1. The zero-order valence-electron chi connectivity index (χ0n) is 11.8. The summed E-state index contributed by atoms with van der Waals surface area (Å²) in [6, 6.07) is 6.41. The third-order valence-electron chi connectivity index (χ3n) is 3.56. The number of piperidine rings is 1. The zero-order valence-corrected chi connectivity index (χ0v) is 11.8. The van der Waals surface area contributed by atoms with Gasteiger partial charge >= 0.3 is 0 Å². The number of pyridine rings is 1. The molecule has 1 fully saturated rings. The van der Waals surface area contributed by atoms with Crippen LogP contribution in [-0.2, 0) is 0 Å². The Morgan fingerprint density at radius 2 is 2.37 bits per heavy atom. The van der Waals surface area contributed by atoms with Gasteiger partial charge in [-0.2, -0.15) is 5.26 Å². The third kappa shape index (κ3) is 3.93. The van der Waals surface area contributed by atoms with Crippen LogP contribution in [0.1, 0.15) is 32.4 Å². The second-order valence-electron chi connectivity index (χ2n) is 5.53. The van der Waals surface area contributed by atoms with E-state index in [1.54, 1.807) is 6.07 Å². The van der Waals surface area contributed by atoms with Gasteiger partial charge in [-0.15, -0.1) is 0 Å². The van der Waals surface area contributed by atoms with E-state index in [9.17, 15) is 0 Å². The topological polar surface area (TPSA) is 52.0 Å². The first kappa shape index (κ1) is 13.8. The maximum Gasteiger partial charge on any atom is 0.140 e. The monoisotopic (exact) mass is 258 g/mol. The van der Waals surface area contributed by atoms with E-state index in [1.807, 2.05) is 12.3 Å². The average molecular weight is 258 g/mol. The molecule has 1 atom stereocenters. The minimum absolute atomic E-state index is 0.485. The van der Waals surface area contributed by atoms with Crippen molar-refractivity contribution in [2.75, 3.05) is 24.5 Å². The van der Waals surface area contributed by atoms with Crippen molar-refractivity contribution in [1.82, 2.24) is 10.3 Å². The van der Waals surface area contributed by atoms with Gasteiger partial charge in [0.1, 0.15) is 11.8 Å². The molecule has 0 aromatic carbocycles. The van der Waals surface area contributed by atoms with Gasteiger partial charge in [-0.25, -0.2) is 4.98 Å². The fourth-order valence-corrected chi connectivity index (χ4v) is 2.51. The van der Waals surface area contributed by atoms with E-state index in [4.69, 9.17) is 5.26 Å². The van der Waals surface area contributed by atoms with E-state index in [0.717, 1.165) is 25.3 Å².